The van der Waals surface area contributed by atoms with Gasteiger partial charge in [0.05, 0.1) is 13.2 Å². The fraction of sp³-hybridized carbons (Fsp3) is 0.571. The van der Waals surface area contributed by atoms with Crippen molar-refractivity contribution in [3.8, 4) is 0 Å². The molecule has 3 radical (unpaired) electrons. The van der Waals surface area contributed by atoms with Crippen molar-refractivity contribution in [1.29, 1.82) is 0 Å². The number of carbonyl (C=O) groups is 6. The zero-order valence-corrected chi connectivity index (χ0v) is 49.0. The number of ketones is 1. The van der Waals surface area contributed by atoms with Crippen molar-refractivity contribution in [3.05, 3.63) is 91.0 Å². The van der Waals surface area contributed by atoms with Crippen molar-refractivity contribution < 1.29 is 72.7 Å². The Hall–Kier alpha value is -5.38. The minimum atomic E-state index is -0.492. The smallest absolute Gasteiger partial charge is 1.00 e. The Morgan fingerprint density at radius 3 is 1.33 bits per heavy atom. The normalized spacial score (nSPS) is 14.6. The number of anilines is 3. The monoisotopic (exact) mass is 1120 g/mol. The van der Waals surface area contributed by atoms with Gasteiger partial charge in [-0.3, -0.25) is 14.4 Å². The Kier molecular flexibility index (Phi) is 34.0. The first-order chi connectivity index (χ1) is 34.8. The van der Waals surface area contributed by atoms with Gasteiger partial charge >= 0.3 is 49.1 Å². The van der Waals surface area contributed by atoms with Crippen LogP contribution in [0.4, 0.5) is 31.4 Å². The molecular formula is C56H86BBrLiN6O11. The summed E-state index contributed by atoms with van der Waals surface area (Å²) in [5.74, 6) is -0.210. The van der Waals surface area contributed by atoms with Crippen molar-refractivity contribution in [1.82, 2.24) is 14.7 Å². The molecule has 6 rings (SSSR count). The molecule has 3 aromatic carbocycles. The quantitative estimate of drug-likeness (QED) is 0.0702. The molecule has 0 unspecified atom stereocenters. The molecule has 3 aliphatic rings. The van der Waals surface area contributed by atoms with Crippen LogP contribution in [-0.2, 0) is 38.1 Å². The second-order valence-corrected chi connectivity index (χ2v) is 21.1. The van der Waals surface area contributed by atoms with Crippen molar-refractivity contribution in [3.63, 3.8) is 0 Å². The molecule has 0 saturated carbocycles. The van der Waals surface area contributed by atoms with E-state index in [9.17, 15) is 28.8 Å². The molecule has 0 spiro atoms. The van der Waals surface area contributed by atoms with E-state index in [4.69, 9.17) is 24.7 Å². The molecule has 3 N–H and O–H groups in total. The maximum Gasteiger partial charge on any atom is 1.00 e. The molecule has 0 aliphatic carbocycles. The van der Waals surface area contributed by atoms with Crippen LogP contribution in [0.3, 0.4) is 0 Å². The largest absolute Gasteiger partial charge is 1.00 e. The number of nitrogen functional groups attached to an aromatic ring is 1. The Bertz CT molecular complexity index is 2110. The van der Waals surface area contributed by atoms with Crippen LogP contribution in [0.1, 0.15) is 116 Å². The molecule has 0 atom stereocenters. The number of rotatable bonds is 9. The fourth-order valence-electron chi connectivity index (χ4n) is 7.30. The zero-order valence-electron chi connectivity index (χ0n) is 48.4. The van der Waals surface area contributed by atoms with Gasteiger partial charge in [0.15, 0.2) is 0 Å². The Balaban J connectivity index is 0. The van der Waals surface area contributed by atoms with E-state index >= 15 is 0 Å². The van der Waals surface area contributed by atoms with E-state index in [1.165, 1.54) is 0 Å². The first-order valence-electron chi connectivity index (χ1n) is 25.6. The van der Waals surface area contributed by atoms with Gasteiger partial charge in [-0.2, -0.15) is 0 Å². The number of para-hydroxylation sites is 3. The van der Waals surface area contributed by atoms with Crippen LogP contribution < -0.4 is 34.8 Å². The van der Waals surface area contributed by atoms with Crippen molar-refractivity contribution >= 4 is 77.4 Å². The van der Waals surface area contributed by atoms with Gasteiger partial charge in [-0.05, 0) is 138 Å². The molecule has 3 aromatic rings. The van der Waals surface area contributed by atoms with Crippen LogP contribution in [-0.4, -0.2) is 152 Å². The summed E-state index contributed by atoms with van der Waals surface area (Å²) in [6, 6.07) is 30.2. The molecule has 20 heteroatoms. The molecule has 3 heterocycles. The van der Waals surface area contributed by atoms with Gasteiger partial charge in [0.1, 0.15) is 34.5 Å². The first kappa shape index (κ1) is 70.6. The maximum absolute atomic E-state index is 12.2. The summed E-state index contributed by atoms with van der Waals surface area (Å²) in [5, 5.41) is 3.80. The van der Waals surface area contributed by atoms with E-state index < -0.39 is 16.8 Å². The number of halogens is 1. The van der Waals surface area contributed by atoms with Crippen molar-refractivity contribution in [2.45, 2.75) is 144 Å². The number of amides is 3. The number of nitrogens with zero attached hydrogens (tertiary/aromatic N) is 4. The molecule has 17 nitrogen and oxygen atoms in total. The van der Waals surface area contributed by atoms with E-state index in [0.717, 1.165) is 55.8 Å². The topological polar surface area (TPSA) is 200 Å². The van der Waals surface area contributed by atoms with Crippen LogP contribution in [0, 0.1) is 0 Å². The van der Waals surface area contributed by atoms with Crippen LogP contribution in [0.25, 0.3) is 0 Å². The van der Waals surface area contributed by atoms with Gasteiger partial charge in [0.2, 0.25) is 0 Å². The maximum atomic E-state index is 12.2. The van der Waals surface area contributed by atoms with Crippen LogP contribution in [0.2, 0.25) is 0 Å². The number of likely N-dealkylation sites (tertiary alicyclic amines) is 3. The zero-order chi connectivity index (χ0) is 55.3. The third kappa shape index (κ3) is 31.6. The number of nitrogens with two attached hydrogens (primary N) is 1. The standard InChI is InChI=1S/C20H30N2O4.C16H24N2O2.C10H17NO3.C6H7N.C4H7BrO2.B.Li.H/c1-5-25-18(23)15-22(16-9-7-6-8-10-16)17-11-13-21(14-12-17)19(24)26-20(2,3)4;1-16(2,3)20-15(19)18-11-9-14(10-12-18)17-13-7-5-4-6-8-13;1-10(2,3)14-9(13)11-6-4-8(12)5-7-11;7-6-4-2-1-3-5-6;1-2-7-4(6)3-5;;;/h6-10,17H,5,11-15H2,1-4H3;4-8,14,17H,9-12H2,1-3H3;4-7H2,1-3H3;1-5H,7H2;2-3H2,1H3;;;/q;;;;;;+1;-1. The van der Waals surface area contributed by atoms with E-state index in [-0.39, 0.29) is 77.3 Å². The molecule has 0 aromatic heterocycles. The molecular weight excluding hydrogens is 1030 g/mol. The number of esters is 2. The second kappa shape index (κ2) is 36.6. The summed E-state index contributed by atoms with van der Waals surface area (Å²) >= 11 is 2.94. The van der Waals surface area contributed by atoms with Gasteiger partial charge < -0.3 is 55.8 Å². The Morgan fingerprint density at radius 2 is 0.974 bits per heavy atom. The summed E-state index contributed by atoms with van der Waals surface area (Å²) in [6.07, 6.45) is 3.61. The van der Waals surface area contributed by atoms with E-state index in [1.807, 2.05) is 148 Å². The van der Waals surface area contributed by atoms with Gasteiger partial charge in [-0.15, -0.1) is 0 Å². The predicted molar refractivity (Wildman–Crippen MR) is 302 cm³/mol. The molecule has 3 fully saturated rings. The van der Waals surface area contributed by atoms with Gasteiger partial charge in [-0.25, -0.2) is 14.4 Å². The predicted octanol–water partition coefficient (Wildman–Crippen LogP) is 7.49. The summed E-state index contributed by atoms with van der Waals surface area (Å²) in [5.41, 5.74) is 6.95. The van der Waals surface area contributed by atoms with Gasteiger partial charge in [0.25, 0.3) is 0 Å². The number of benzene rings is 3. The fourth-order valence-corrected chi connectivity index (χ4v) is 7.47. The Labute approximate surface area is 477 Å². The van der Waals surface area contributed by atoms with Crippen molar-refractivity contribution in [2.75, 3.05) is 80.3 Å². The number of hydrogen-bond acceptors (Lipinski definition) is 14. The number of piperidine rings is 3. The van der Waals surface area contributed by atoms with E-state index in [2.05, 4.69) is 43.0 Å². The number of ether oxygens (including phenoxy) is 5. The molecule has 0 bridgehead atoms. The van der Waals surface area contributed by atoms with Gasteiger partial charge in [0, 0.05) is 89.7 Å². The molecule has 76 heavy (non-hydrogen) atoms. The number of hydrogen-bond donors (Lipinski definition) is 2. The average molecular weight is 1120 g/mol. The molecule has 3 amide bonds. The minimum Gasteiger partial charge on any atom is -1.00 e. The minimum absolute atomic E-state index is 0. The average Bonchev–Trinajstić information content (AvgIpc) is 3.34. The number of alkyl halides is 1. The molecule has 417 valence electrons. The van der Waals surface area contributed by atoms with Gasteiger partial charge in [-0.1, -0.05) is 70.5 Å². The second-order valence-electron chi connectivity index (χ2n) is 20.6. The first-order valence-corrected chi connectivity index (χ1v) is 26.7. The molecule has 3 aliphatic heterocycles. The number of nitrogens with one attached hydrogen (secondary N) is 1. The third-order valence-corrected chi connectivity index (χ3v) is 11.2. The number of Topliss-reactive ketones (excluding diaryl/α,β-unsaturated/α-hetero) is 1. The third-order valence-electron chi connectivity index (χ3n) is 10.7. The molecule has 3 saturated heterocycles. The summed E-state index contributed by atoms with van der Waals surface area (Å²) in [7, 11) is 0. The summed E-state index contributed by atoms with van der Waals surface area (Å²) in [4.78, 5) is 76.1. The van der Waals surface area contributed by atoms with E-state index in [0.29, 0.717) is 63.6 Å². The van der Waals surface area contributed by atoms with Crippen LogP contribution in [0.5, 0.6) is 0 Å². The SMILES string of the molecule is CC(C)(C)OC(=O)N1CCC(=O)CC1.CC(C)(C)OC(=O)N1CCC(Nc2ccccc2)CC1.CCOC(=O)CBr.CCOC(=O)CN(c1ccccc1)C1CCN(C(=O)OC(C)(C)C)CC1.Nc1ccccc1.[B].[H-].[Li+]. The van der Waals surface area contributed by atoms with Crippen LogP contribution in [0.15, 0.2) is 91.0 Å². The van der Waals surface area contributed by atoms with Crippen LogP contribution >= 0.6 is 15.9 Å². The Morgan fingerprint density at radius 1 is 0.605 bits per heavy atom. The summed E-state index contributed by atoms with van der Waals surface area (Å²) in [6.45, 7) is 25.2. The van der Waals surface area contributed by atoms with Crippen molar-refractivity contribution in [2.24, 2.45) is 0 Å². The van der Waals surface area contributed by atoms with E-state index in [1.54, 1.807) is 21.6 Å². The summed E-state index contributed by atoms with van der Waals surface area (Å²) < 4.78 is 25.7. The number of carbonyl (C=O) groups excluding carboxylic acids is 6.